The molecule has 0 aliphatic heterocycles. The van der Waals surface area contributed by atoms with Crippen LogP contribution >= 0.6 is 11.3 Å². The molecule has 0 unspecified atom stereocenters. The molecule has 0 spiro atoms. The highest BCUT2D eigenvalue weighted by Crippen LogP contribution is 2.22. The van der Waals surface area contributed by atoms with E-state index in [4.69, 9.17) is 0 Å². The Morgan fingerprint density at radius 1 is 1.12 bits per heavy atom. The molecule has 0 amide bonds. The Kier molecular flexibility index (Phi) is 3.07. The molecule has 2 rings (SSSR count). The number of carbonyl (C=O) groups excluding carboxylic acids is 1. The Bertz CT molecular complexity index is 587. The van der Waals surface area contributed by atoms with Crippen molar-refractivity contribution in [3.63, 3.8) is 0 Å². The number of aryl methyl sites for hydroxylation is 2. The number of carbonyl (C=O) groups is 1. The summed E-state index contributed by atoms with van der Waals surface area (Å²) in [5.41, 5.74) is -0.0173. The Balaban J connectivity index is 2.47. The van der Waals surface area contributed by atoms with Crippen molar-refractivity contribution >= 4 is 17.1 Å². The van der Waals surface area contributed by atoms with Crippen LogP contribution in [0.3, 0.4) is 0 Å². The monoisotopic (exact) mass is 252 g/mol. The minimum atomic E-state index is -0.681. The number of ketones is 1. The van der Waals surface area contributed by atoms with E-state index in [1.807, 2.05) is 6.92 Å². The third-order valence-electron chi connectivity index (χ3n) is 2.46. The van der Waals surface area contributed by atoms with Gasteiger partial charge >= 0.3 is 0 Å². The molecule has 1 nitrogen and oxygen atoms in total. The van der Waals surface area contributed by atoms with Crippen molar-refractivity contribution in [2.75, 3.05) is 0 Å². The SMILES string of the molecule is Cc1ccc(C(=O)c2cc(F)c(C)cc2F)s1. The lowest BCUT2D eigenvalue weighted by Gasteiger charge is -2.03. The zero-order valence-corrected chi connectivity index (χ0v) is 10.2. The van der Waals surface area contributed by atoms with Gasteiger partial charge in [-0.1, -0.05) is 0 Å². The maximum Gasteiger partial charge on any atom is 0.205 e. The summed E-state index contributed by atoms with van der Waals surface area (Å²) in [6.07, 6.45) is 0. The summed E-state index contributed by atoms with van der Waals surface area (Å²) in [7, 11) is 0. The molecule has 0 saturated carbocycles. The first-order valence-corrected chi connectivity index (χ1v) is 5.87. The molecule has 0 radical (unpaired) electrons. The maximum absolute atomic E-state index is 13.6. The minimum Gasteiger partial charge on any atom is -0.288 e. The quantitative estimate of drug-likeness (QED) is 0.741. The lowest BCUT2D eigenvalue weighted by atomic mass is 10.1. The van der Waals surface area contributed by atoms with Gasteiger partial charge in [0.05, 0.1) is 10.4 Å². The van der Waals surface area contributed by atoms with E-state index in [9.17, 15) is 13.6 Å². The van der Waals surface area contributed by atoms with E-state index in [0.29, 0.717) is 4.88 Å². The van der Waals surface area contributed by atoms with Gasteiger partial charge in [0, 0.05) is 4.88 Å². The van der Waals surface area contributed by atoms with Crippen molar-refractivity contribution in [1.29, 1.82) is 0 Å². The van der Waals surface area contributed by atoms with Gasteiger partial charge in [-0.3, -0.25) is 4.79 Å². The molecule has 88 valence electrons. The van der Waals surface area contributed by atoms with E-state index < -0.39 is 17.4 Å². The average molecular weight is 252 g/mol. The van der Waals surface area contributed by atoms with Crippen molar-refractivity contribution in [1.82, 2.24) is 0 Å². The van der Waals surface area contributed by atoms with Crippen LogP contribution in [0.5, 0.6) is 0 Å². The molecule has 2 aromatic rings. The number of halogens is 2. The van der Waals surface area contributed by atoms with Crippen LogP contribution in [0, 0.1) is 25.5 Å². The van der Waals surface area contributed by atoms with Crippen LogP contribution in [0.2, 0.25) is 0 Å². The Morgan fingerprint density at radius 3 is 2.41 bits per heavy atom. The molecule has 4 heteroatoms. The average Bonchev–Trinajstić information content (AvgIpc) is 2.69. The predicted octanol–water partition coefficient (Wildman–Crippen LogP) is 3.87. The molecule has 0 saturated heterocycles. The Hall–Kier alpha value is -1.55. The lowest BCUT2D eigenvalue weighted by molar-refractivity contribution is 0.103. The number of hydrogen-bond acceptors (Lipinski definition) is 2. The van der Waals surface area contributed by atoms with E-state index in [1.165, 1.54) is 18.3 Å². The zero-order valence-electron chi connectivity index (χ0n) is 9.38. The maximum atomic E-state index is 13.6. The summed E-state index contributed by atoms with van der Waals surface area (Å²) >= 11 is 1.27. The van der Waals surface area contributed by atoms with Gasteiger partial charge in [-0.15, -0.1) is 11.3 Å². The highest BCUT2D eigenvalue weighted by Gasteiger charge is 2.17. The Morgan fingerprint density at radius 2 is 1.82 bits per heavy atom. The minimum absolute atomic E-state index is 0.196. The second kappa shape index (κ2) is 4.37. The third-order valence-corrected chi connectivity index (χ3v) is 3.46. The second-order valence-corrected chi connectivity index (χ2v) is 5.11. The van der Waals surface area contributed by atoms with Crippen LogP contribution in [0.15, 0.2) is 24.3 Å². The first-order valence-electron chi connectivity index (χ1n) is 5.06. The van der Waals surface area contributed by atoms with E-state index in [0.717, 1.165) is 17.0 Å². The van der Waals surface area contributed by atoms with Gasteiger partial charge in [0.25, 0.3) is 0 Å². The van der Waals surface area contributed by atoms with E-state index >= 15 is 0 Å². The van der Waals surface area contributed by atoms with Gasteiger partial charge in [0.2, 0.25) is 5.78 Å². The number of benzene rings is 1. The summed E-state index contributed by atoms with van der Waals surface area (Å²) in [5.74, 6) is -1.72. The van der Waals surface area contributed by atoms with Crippen LogP contribution in [0.1, 0.15) is 25.7 Å². The van der Waals surface area contributed by atoms with Crippen molar-refractivity contribution in [3.8, 4) is 0 Å². The topological polar surface area (TPSA) is 17.1 Å². The fourth-order valence-electron chi connectivity index (χ4n) is 1.51. The standard InChI is InChI=1S/C13H10F2OS/c1-7-5-11(15)9(6-10(7)14)13(16)12-4-3-8(2)17-12/h3-6H,1-2H3. The molecule has 0 aliphatic carbocycles. The summed E-state index contributed by atoms with van der Waals surface area (Å²) in [4.78, 5) is 13.3. The molecule has 0 aliphatic rings. The van der Waals surface area contributed by atoms with E-state index in [-0.39, 0.29) is 11.1 Å². The first-order chi connectivity index (χ1) is 7.99. The molecular formula is C13H10F2OS. The largest absolute Gasteiger partial charge is 0.288 e. The van der Waals surface area contributed by atoms with Gasteiger partial charge in [-0.2, -0.15) is 0 Å². The van der Waals surface area contributed by atoms with Crippen LogP contribution in [0.4, 0.5) is 8.78 Å². The number of rotatable bonds is 2. The van der Waals surface area contributed by atoms with Crippen molar-refractivity contribution in [3.05, 3.63) is 56.8 Å². The van der Waals surface area contributed by atoms with Gasteiger partial charge in [0.15, 0.2) is 0 Å². The second-order valence-electron chi connectivity index (χ2n) is 3.82. The fraction of sp³-hybridized carbons (Fsp3) is 0.154. The predicted molar refractivity (Wildman–Crippen MR) is 63.6 cm³/mol. The highest BCUT2D eigenvalue weighted by molar-refractivity contribution is 7.14. The zero-order chi connectivity index (χ0) is 12.6. The van der Waals surface area contributed by atoms with Gasteiger partial charge in [-0.05, 0) is 43.7 Å². The molecule has 1 aromatic carbocycles. The van der Waals surface area contributed by atoms with Gasteiger partial charge in [0.1, 0.15) is 11.6 Å². The van der Waals surface area contributed by atoms with Crippen molar-refractivity contribution in [2.24, 2.45) is 0 Å². The number of hydrogen-bond donors (Lipinski definition) is 0. The molecule has 0 N–H and O–H groups in total. The molecule has 0 fully saturated rings. The molecule has 0 atom stereocenters. The Labute approximate surface area is 102 Å². The van der Waals surface area contributed by atoms with Crippen LogP contribution in [0.25, 0.3) is 0 Å². The van der Waals surface area contributed by atoms with Crippen molar-refractivity contribution < 1.29 is 13.6 Å². The lowest BCUT2D eigenvalue weighted by Crippen LogP contribution is -2.04. The smallest absolute Gasteiger partial charge is 0.205 e. The molecule has 1 aromatic heterocycles. The van der Waals surface area contributed by atoms with E-state index in [2.05, 4.69) is 0 Å². The summed E-state index contributed by atoms with van der Waals surface area (Å²) in [5, 5.41) is 0. The van der Waals surface area contributed by atoms with E-state index in [1.54, 1.807) is 12.1 Å². The summed E-state index contributed by atoms with van der Waals surface area (Å²) in [6, 6.07) is 5.41. The van der Waals surface area contributed by atoms with Crippen LogP contribution in [-0.2, 0) is 0 Å². The summed E-state index contributed by atoms with van der Waals surface area (Å²) in [6.45, 7) is 3.31. The molecular weight excluding hydrogens is 242 g/mol. The number of thiophene rings is 1. The first kappa shape index (κ1) is 11.9. The fourth-order valence-corrected chi connectivity index (χ4v) is 2.33. The normalized spacial score (nSPS) is 10.6. The molecule has 1 heterocycles. The van der Waals surface area contributed by atoms with Crippen LogP contribution < -0.4 is 0 Å². The van der Waals surface area contributed by atoms with Gasteiger partial charge < -0.3 is 0 Å². The molecule has 0 bridgehead atoms. The summed E-state index contributed by atoms with van der Waals surface area (Å²) < 4.78 is 26.9. The highest BCUT2D eigenvalue weighted by atomic mass is 32.1. The third kappa shape index (κ3) is 2.26. The molecule has 17 heavy (non-hydrogen) atoms. The van der Waals surface area contributed by atoms with Crippen molar-refractivity contribution in [2.45, 2.75) is 13.8 Å². The van der Waals surface area contributed by atoms with Gasteiger partial charge in [-0.25, -0.2) is 8.78 Å². The van der Waals surface area contributed by atoms with Crippen LogP contribution in [-0.4, -0.2) is 5.78 Å².